The topological polar surface area (TPSA) is 144 Å². The minimum Gasteiger partial charge on any atom is -0.506 e. The number of phenolic OH excluding ortho intramolecular Hbond substituents is 1. The molecule has 0 radical (unpaired) electrons. The number of aromatic amines is 1. The second-order valence-electron chi connectivity index (χ2n) is 16.6. The van der Waals surface area contributed by atoms with Crippen LogP contribution < -0.4 is 15.8 Å². The van der Waals surface area contributed by atoms with Gasteiger partial charge in [0, 0.05) is 49.9 Å². The maximum Gasteiger partial charge on any atom is 0.349 e. The number of aromatic nitrogens is 1. The Labute approximate surface area is 342 Å². The molecule has 7 rings (SSSR count). The van der Waals surface area contributed by atoms with Gasteiger partial charge in [0.1, 0.15) is 11.9 Å². The number of anilines is 1. The number of thiophene rings is 2. The van der Waals surface area contributed by atoms with Crippen LogP contribution in [0.1, 0.15) is 66.2 Å². The zero-order valence-electron chi connectivity index (χ0n) is 33.2. The minimum atomic E-state index is -2.22. The minimum absolute atomic E-state index is 0.0219. The van der Waals surface area contributed by atoms with Crippen molar-refractivity contribution in [2.45, 2.75) is 82.5 Å². The van der Waals surface area contributed by atoms with Crippen LogP contribution in [0.25, 0.3) is 10.9 Å². The Morgan fingerprint density at radius 3 is 2.33 bits per heavy atom. The summed E-state index contributed by atoms with van der Waals surface area (Å²) in [5.41, 5.74) is 2.39. The van der Waals surface area contributed by atoms with Gasteiger partial charge in [-0.15, -0.1) is 22.7 Å². The molecule has 5 aromatic rings. The summed E-state index contributed by atoms with van der Waals surface area (Å²) in [6.07, 6.45) is 1.29. The largest absolute Gasteiger partial charge is 0.506 e. The zero-order chi connectivity index (χ0) is 40.5. The second kappa shape index (κ2) is 16.6. The number of carbonyl (C=O) groups is 2. The van der Waals surface area contributed by atoms with Gasteiger partial charge < -0.3 is 34.6 Å². The van der Waals surface area contributed by atoms with E-state index in [9.17, 15) is 24.6 Å². The number of nitrogens with zero attached hydrogens (tertiary/aromatic N) is 2. The number of aromatic hydroxyl groups is 1. The molecule has 0 saturated carbocycles. The molecule has 0 spiro atoms. The van der Waals surface area contributed by atoms with Crippen molar-refractivity contribution in [1.82, 2.24) is 15.2 Å². The molecule has 2 aliphatic heterocycles. The molecular formula is C43H52N4O7S2Si. The van der Waals surface area contributed by atoms with Crippen LogP contribution in [0.3, 0.4) is 0 Å². The summed E-state index contributed by atoms with van der Waals surface area (Å²) in [4.78, 5) is 47.0. The van der Waals surface area contributed by atoms with Crippen LogP contribution in [0, 0.1) is 0 Å². The average molecular weight is 829 g/mol. The van der Waals surface area contributed by atoms with Crippen molar-refractivity contribution in [2.75, 3.05) is 37.6 Å². The summed E-state index contributed by atoms with van der Waals surface area (Å²) >= 11 is 2.65. The van der Waals surface area contributed by atoms with E-state index in [1.54, 1.807) is 24.3 Å². The summed E-state index contributed by atoms with van der Waals surface area (Å²) in [6.45, 7) is 14.3. The van der Waals surface area contributed by atoms with Crippen LogP contribution in [0.2, 0.25) is 18.1 Å². The number of nitrogens with one attached hydrogen (secondary N) is 2. The van der Waals surface area contributed by atoms with E-state index in [2.05, 4.69) is 61.2 Å². The first-order chi connectivity index (χ1) is 27.1. The Kier molecular flexibility index (Phi) is 12.0. The average Bonchev–Trinajstić information content (AvgIpc) is 3.98. The molecule has 57 heavy (non-hydrogen) atoms. The highest BCUT2D eigenvalue weighted by Gasteiger charge is 2.45. The first-order valence-electron chi connectivity index (χ1n) is 19.5. The van der Waals surface area contributed by atoms with E-state index in [1.807, 2.05) is 39.9 Å². The SMILES string of the molecule is CC(C)(C)[Si](C)(C)O[C@@H](CNCc1ccc2c(c1)CCN2C(=O)CN1CCC(OC(=O)C(O)(c2cccs2)c2cccs2)CC1)c1ccc(O)c2[nH]c(=O)ccc12. The molecule has 14 heteroatoms. The van der Waals surface area contributed by atoms with E-state index in [4.69, 9.17) is 9.16 Å². The number of hydrogen-bond donors (Lipinski definition) is 4. The van der Waals surface area contributed by atoms with Gasteiger partial charge in [0.25, 0.3) is 0 Å². The molecule has 2 aliphatic rings. The summed E-state index contributed by atoms with van der Waals surface area (Å²) in [7, 11) is -2.22. The van der Waals surface area contributed by atoms with Gasteiger partial charge in [0.2, 0.25) is 17.1 Å². The fourth-order valence-electron chi connectivity index (χ4n) is 7.45. The molecule has 0 unspecified atom stereocenters. The third-order valence-corrected chi connectivity index (χ3v) is 18.2. The summed E-state index contributed by atoms with van der Waals surface area (Å²) in [6, 6.07) is 20.1. The van der Waals surface area contributed by atoms with Gasteiger partial charge in [0.05, 0.1) is 27.9 Å². The van der Waals surface area contributed by atoms with Crippen LogP contribution in [0.4, 0.5) is 5.69 Å². The predicted octanol–water partition coefficient (Wildman–Crippen LogP) is 7.04. The number of piperidine rings is 1. The van der Waals surface area contributed by atoms with Crippen LogP contribution >= 0.6 is 22.7 Å². The van der Waals surface area contributed by atoms with Crippen LogP contribution in [-0.4, -0.2) is 79.1 Å². The molecule has 11 nitrogen and oxygen atoms in total. The number of rotatable bonds is 13. The Morgan fingerprint density at radius 2 is 1.68 bits per heavy atom. The highest BCUT2D eigenvalue weighted by atomic mass is 32.1. The Hall–Kier alpha value is -4.15. The molecule has 1 atom stereocenters. The second-order valence-corrected chi connectivity index (χ2v) is 23.2. The fraction of sp³-hybridized carbons (Fsp3) is 0.419. The molecule has 0 bridgehead atoms. The number of fused-ring (bicyclic) bond motifs is 2. The summed E-state index contributed by atoms with van der Waals surface area (Å²) in [5.74, 6) is -0.587. The molecule has 4 N–H and O–H groups in total. The van der Waals surface area contributed by atoms with Gasteiger partial charge in [0.15, 0.2) is 8.32 Å². The quantitative estimate of drug-likeness (QED) is 0.0726. The van der Waals surface area contributed by atoms with Crippen molar-refractivity contribution >= 4 is 59.5 Å². The highest BCUT2D eigenvalue weighted by molar-refractivity contribution is 7.12. The first kappa shape index (κ1) is 41.0. The lowest BCUT2D eigenvalue weighted by molar-refractivity contribution is -0.169. The molecule has 0 aliphatic carbocycles. The maximum atomic E-state index is 13.6. The molecule has 302 valence electrons. The van der Waals surface area contributed by atoms with Crippen molar-refractivity contribution in [3.63, 3.8) is 0 Å². The molecule has 3 aromatic heterocycles. The third kappa shape index (κ3) is 8.68. The number of benzene rings is 2. The van der Waals surface area contributed by atoms with E-state index >= 15 is 0 Å². The van der Waals surface area contributed by atoms with Crippen molar-refractivity contribution in [1.29, 1.82) is 0 Å². The maximum absolute atomic E-state index is 13.6. The molecule has 1 fully saturated rings. The third-order valence-electron chi connectivity index (χ3n) is 11.7. The molecule has 5 heterocycles. The van der Waals surface area contributed by atoms with Gasteiger partial charge in [-0.2, -0.15) is 0 Å². The van der Waals surface area contributed by atoms with Crippen LogP contribution in [0.15, 0.2) is 82.3 Å². The van der Waals surface area contributed by atoms with Crippen molar-refractivity contribution < 1.29 is 29.0 Å². The van der Waals surface area contributed by atoms with E-state index in [0.29, 0.717) is 60.8 Å². The van der Waals surface area contributed by atoms with E-state index < -0.39 is 19.9 Å². The predicted molar refractivity (Wildman–Crippen MR) is 229 cm³/mol. The smallest absolute Gasteiger partial charge is 0.349 e. The number of pyridine rings is 1. The highest BCUT2D eigenvalue weighted by Crippen LogP contribution is 2.42. The molecule has 1 saturated heterocycles. The number of carbonyl (C=O) groups excluding carboxylic acids is 2. The summed E-state index contributed by atoms with van der Waals surface area (Å²) in [5, 5.41) is 30.2. The normalized spacial score (nSPS) is 16.2. The Balaban J connectivity index is 0.947. The lowest BCUT2D eigenvalue weighted by atomic mass is 9.99. The molecular weight excluding hydrogens is 777 g/mol. The zero-order valence-corrected chi connectivity index (χ0v) is 35.8. The molecule has 1 amide bonds. The van der Waals surface area contributed by atoms with Gasteiger partial charge >= 0.3 is 5.97 Å². The molecule has 2 aromatic carbocycles. The first-order valence-corrected chi connectivity index (χ1v) is 24.2. The van der Waals surface area contributed by atoms with E-state index in [0.717, 1.165) is 34.2 Å². The van der Waals surface area contributed by atoms with E-state index in [-0.39, 0.29) is 41.0 Å². The standard InChI is InChI=1S/C43H52N4O7S2Si/c1-42(2,3)57(4,5)54-35(31-11-14-34(48)40-32(31)12-15-38(49)45-40)26-44-25-28-10-13-33-29(24-28)16-21-47(33)39(50)27-46-19-17-30(18-20-46)53-41(51)43(52,36-8-6-22-55-36)37-9-7-23-56-37/h6-15,22-24,30,35,44,48,52H,16-21,25-27H2,1-5H3,(H,45,49)/t35-/m0/s1. The number of phenols is 1. The number of likely N-dealkylation sites (tertiary alicyclic amines) is 1. The lowest BCUT2D eigenvalue weighted by Crippen LogP contribution is -2.46. The number of aliphatic hydroxyl groups is 1. The fourth-order valence-corrected chi connectivity index (χ4v) is 10.4. The van der Waals surface area contributed by atoms with Gasteiger partial charge in [-0.25, -0.2) is 4.79 Å². The van der Waals surface area contributed by atoms with Gasteiger partial charge in [-0.05, 0) is 95.2 Å². The van der Waals surface area contributed by atoms with Crippen molar-refractivity contribution in [2.24, 2.45) is 0 Å². The van der Waals surface area contributed by atoms with Gasteiger partial charge in [-0.1, -0.05) is 51.1 Å². The number of hydrogen-bond acceptors (Lipinski definition) is 11. The monoisotopic (exact) mass is 828 g/mol. The van der Waals surface area contributed by atoms with Gasteiger partial charge in [-0.3, -0.25) is 14.5 Å². The van der Waals surface area contributed by atoms with Crippen LogP contribution in [-0.2, 0) is 37.3 Å². The lowest BCUT2D eigenvalue weighted by Gasteiger charge is -2.39. The number of H-pyrrole nitrogens is 1. The van der Waals surface area contributed by atoms with Crippen molar-refractivity contribution in [3.8, 4) is 5.75 Å². The number of amides is 1. The number of esters is 1. The van der Waals surface area contributed by atoms with Crippen LogP contribution in [0.5, 0.6) is 5.75 Å². The Morgan fingerprint density at radius 1 is 0.982 bits per heavy atom. The Bertz CT molecular complexity index is 2230. The van der Waals surface area contributed by atoms with Crippen molar-refractivity contribution in [3.05, 3.63) is 114 Å². The summed E-state index contributed by atoms with van der Waals surface area (Å²) < 4.78 is 12.9. The van der Waals surface area contributed by atoms with E-state index in [1.165, 1.54) is 28.7 Å². The number of ether oxygens (including phenoxy) is 1.